The number of likely N-dealkylation sites (N-methyl/N-ethyl adjacent to an activating group) is 1. The predicted octanol–water partition coefficient (Wildman–Crippen LogP) is 14.2. The number of Topliss-reactive ketones (excluding diaryl/α,β-unsaturated/α-hetero) is 8. The number of ether oxygens (including phenoxy) is 2. The van der Waals surface area contributed by atoms with Gasteiger partial charge in [0.2, 0.25) is 23.4 Å². The highest BCUT2D eigenvalue weighted by molar-refractivity contribution is 6.41. The first-order valence-corrected chi connectivity index (χ1v) is 42.3. The van der Waals surface area contributed by atoms with Gasteiger partial charge in [0.15, 0.2) is 28.7 Å². The Bertz CT molecular complexity index is 4710. The lowest BCUT2D eigenvalue weighted by atomic mass is 9.77. The van der Waals surface area contributed by atoms with Crippen molar-refractivity contribution in [3.63, 3.8) is 0 Å². The Kier molecular flexibility index (Phi) is 35.3. The van der Waals surface area contributed by atoms with Crippen molar-refractivity contribution in [2.45, 2.75) is 257 Å². The number of amides is 2. The zero-order valence-electron chi connectivity index (χ0n) is 71.4. The molecule has 0 saturated heterocycles. The molecular formula is C96H123N7O17. The number of nitrogens with one attached hydrogen (secondary N) is 6. The van der Waals surface area contributed by atoms with Crippen molar-refractivity contribution in [2.24, 2.45) is 29.5 Å². The third kappa shape index (κ3) is 25.7. The average Bonchev–Trinajstić information content (AvgIpc) is 1.50. The van der Waals surface area contributed by atoms with Crippen molar-refractivity contribution < 1.29 is 82.6 Å². The molecule has 6 aromatic carbocycles. The number of fused-ring (bicyclic) bond motifs is 7. The minimum absolute atomic E-state index is 0.00492. The van der Waals surface area contributed by atoms with E-state index in [4.69, 9.17) is 15.3 Å². The average molecular weight is 1650 g/mol. The third-order valence-corrected chi connectivity index (χ3v) is 23.6. The molecule has 2 aliphatic heterocycles. The van der Waals surface area contributed by atoms with Crippen LogP contribution in [0.5, 0.6) is 28.7 Å². The summed E-state index contributed by atoms with van der Waals surface area (Å²) in [4.78, 5) is 145. The summed E-state index contributed by atoms with van der Waals surface area (Å²) in [6, 6.07) is 34.4. The second-order valence-electron chi connectivity index (χ2n) is 33.4. The van der Waals surface area contributed by atoms with Gasteiger partial charge >= 0.3 is 5.97 Å². The van der Waals surface area contributed by atoms with Crippen molar-refractivity contribution >= 4 is 75.0 Å². The number of hydrazine groups is 1. The summed E-state index contributed by atoms with van der Waals surface area (Å²) >= 11 is 0. The van der Waals surface area contributed by atoms with Gasteiger partial charge in [-0.1, -0.05) is 144 Å². The van der Waals surface area contributed by atoms with E-state index >= 15 is 0 Å². The number of hydrogen-bond acceptors (Lipinski definition) is 21. The standard InChI is InChI=1S/C47H77N5O7.C26H20O7.C23H26N2O3/c1-9-38(30-36-25-22-26-36)44(58)50-46(7,34(5)54)27-20-15-13-11-10-12-14-16-21-28-47(8,35(6)55)51-45(59)40(31-37-23-18-17-19-24-37)49-39(29-32(2)3)42(56)43(57)41(52-48)33(4)53;1-14(27)3-2-4-22(30)15-5-8-19-18(11-15)25(31)33-26(19)20-9-6-16(28)12-23(20)32-24-13-17(29)7-10-21(24)26;1-15(26)17(12-18-14-25-21-6-4-3-5-20(18)21)13-23(28)22(24-2)11-16-7-9-19(27)10-8-16/h11,13,17-19,23-24,32-33,36,38-41,49,52-53H,9-10,12,14-16,20-22,25-31,48H2,1-8H3,(H,50,58)(H,51,59);5-13,28-29H,2-4H2,1H3;3-10,14,17,22,24-25,27H,11-13H2,1-2H3/b13-11+;;/t33-,38+,39+,40+,41+,46+,47-;;17-,22+/m1.1/s1. The van der Waals surface area contributed by atoms with Crippen LogP contribution < -0.4 is 37.3 Å². The van der Waals surface area contributed by atoms with Crippen molar-refractivity contribution in [2.75, 3.05) is 7.05 Å². The highest BCUT2D eigenvalue weighted by Gasteiger charge is 2.54. The molecule has 0 unspecified atom stereocenters. The number of unbranched alkanes of at least 4 members (excludes halogenated alkanes) is 5. The molecule has 12 N–H and O–H groups in total. The van der Waals surface area contributed by atoms with Crippen LogP contribution in [0.15, 0.2) is 152 Å². The van der Waals surface area contributed by atoms with Crippen LogP contribution >= 0.6 is 0 Å². The van der Waals surface area contributed by atoms with E-state index in [-0.39, 0.29) is 124 Å². The molecule has 644 valence electrons. The Labute approximate surface area is 704 Å². The van der Waals surface area contributed by atoms with E-state index in [1.54, 1.807) is 76.3 Å². The van der Waals surface area contributed by atoms with E-state index in [1.807, 2.05) is 88.5 Å². The van der Waals surface area contributed by atoms with E-state index < -0.39 is 64.4 Å². The van der Waals surface area contributed by atoms with E-state index in [0.717, 1.165) is 85.4 Å². The monoisotopic (exact) mass is 1650 g/mol. The van der Waals surface area contributed by atoms with Gasteiger partial charge in [0.05, 0.1) is 40.9 Å². The molecule has 1 fully saturated rings. The zero-order valence-corrected chi connectivity index (χ0v) is 71.4. The molecule has 0 radical (unpaired) electrons. The number of aliphatic hydroxyl groups is 1. The molecule has 1 aromatic heterocycles. The molecule has 24 heteroatoms. The molecule has 1 saturated carbocycles. The van der Waals surface area contributed by atoms with Gasteiger partial charge < -0.3 is 55.6 Å². The van der Waals surface area contributed by atoms with Crippen LogP contribution in [0.4, 0.5) is 0 Å². The normalized spacial score (nSPS) is 15.9. The van der Waals surface area contributed by atoms with Gasteiger partial charge in [0.25, 0.3) is 0 Å². The molecule has 0 bridgehead atoms. The Balaban J connectivity index is 0.000000245. The minimum Gasteiger partial charge on any atom is -0.508 e. The molecule has 1 spiro atoms. The maximum absolute atomic E-state index is 14.0. The highest BCUT2D eigenvalue weighted by atomic mass is 16.6. The minimum atomic E-state index is -1.35. The maximum Gasteiger partial charge on any atom is 0.340 e. The summed E-state index contributed by atoms with van der Waals surface area (Å²) in [6.45, 7) is 16.9. The number of nitrogens with two attached hydrogens (primary N) is 1. The number of esters is 1. The summed E-state index contributed by atoms with van der Waals surface area (Å²) < 4.78 is 11.9. The SMILES string of the molecule is CC(=O)CCCC(=O)c1ccc2c(c1)C(=O)OC21c2ccc(O)cc2Oc2cc(O)ccc21.CC[C@@H](CC1CCC1)C(=O)N[C@@](C)(CCC/C=C/CCCCCC[C@@](C)(NC(=O)[C@H](Cc1ccccc1)N[C@@H](CC(C)C)C(=O)C(=O)[C@@H](NN)[C@@H](C)O)C(C)=O)C(C)=O.CN[C@@H](Cc1ccc(O)cc1)C(=O)C[C@@H](Cc1c[nH]c2ccccc12)C(C)=O. The number of aromatic hydroxyl groups is 3. The van der Waals surface area contributed by atoms with Crippen LogP contribution in [0, 0.1) is 23.7 Å². The van der Waals surface area contributed by atoms with E-state index in [9.17, 15) is 73.2 Å². The Morgan fingerprint density at radius 2 is 1.20 bits per heavy atom. The Morgan fingerprint density at radius 3 is 1.77 bits per heavy atom. The first-order valence-electron chi connectivity index (χ1n) is 42.3. The number of allylic oxidation sites excluding steroid dienone is 2. The lowest BCUT2D eigenvalue weighted by Crippen LogP contribution is -2.61. The number of ketones is 8. The number of rotatable bonds is 45. The number of aromatic amines is 1. The fourth-order valence-corrected chi connectivity index (χ4v) is 15.8. The number of aromatic nitrogens is 1. The number of phenolic OH excluding ortho intramolecular Hbond substituents is 3. The molecule has 1 aliphatic carbocycles. The zero-order chi connectivity index (χ0) is 87.6. The van der Waals surface area contributed by atoms with Gasteiger partial charge in [-0.25, -0.2) is 10.2 Å². The topological polar surface area (TPSA) is 389 Å². The number of benzene rings is 6. The number of carbonyl (C=O) groups is 11. The van der Waals surface area contributed by atoms with E-state index in [0.29, 0.717) is 66.7 Å². The van der Waals surface area contributed by atoms with Gasteiger partial charge in [0.1, 0.15) is 46.4 Å². The van der Waals surface area contributed by atoms with Crippen molar-refractivity contribution in [1.29, 1.82) is 0 Å². The lowest BCUT2D eigenvalue weighted by Gasteiger charge is -2.36. The fourth-order valence-electron chi connectivity index (χ4n) is 15.8. The van der Waals surface area contributed by atoms with Crippen molar-refractivity contribution in [1.82, 2.24) is 31.7 Å². The smallest absolute Gasteiger partial charge is 0.340 e. The van der Waals surface area contributed by atoms with Gasteiger partial charge in [-0.05, 0) is 216 Å². The summed E-state index contributed by atoms with van der Waals surface area (Å²) in [5.41, 5.74) is 4.98. The molecule has 2 amide bonds. The predicted molar refractivity (Wildman–Crippen MR) is 461 cm³/mol. The summed E-state index contributed by atoms with van der Waals surface area (Å²) in [5, 5.41) is 52.8. The summed E-state index contributed by atoms with van der Waals surface area (Å²) in [5.74, 6) is 3.50. The number of carbonyl (C=O) groups excluding carboxylic acids is 11. The van der Waals surface area contributed by atoms with Gasteiger partial charge in [0, 0.05) is 82.6 Å². The second-order valence-corrected chi connectivity index (χ2v) is 33.4. The first-order chi connectivity index (χ1) is 57.1. The quantitative estimate of drug-likeness (QED) is 0.00321. The van der Waals surface area contributed by atoms with Crippen molar-refractivity contribution in [3.8, 4) is 28.7 Å². The Morgan fingerprint density at radius 1 is 0.625 bits per heavy atom. The number of phenols is 3. The fraction of sp³-hybridized carbons (Fsp3) is 0.469. The third-order valence-electron chi connectivity index (χ3n) is 23.6. The van der Waals surface area contributed by atoms with Crippen LogP contribution in [-0.4, -0.2) is 138 Å². The molecule has 7 aromatic rings. The molecule has 24 nitrogen and oxygen atoms in total. The van der Waals surface area contributed by atoms with Crippen LogP contribution in [0.3, 0.4) is 0 Å². The van der Waals surface area contributed by atoms with Gasteiger partial charge in [-0.15, -0.1) is 0 Å². The summed E-state index contributed by atoms with van der Waals surface area (Å²) in [7, 11) is 1.76. The number of H-pyrrole nitrogens is 1. The lowest BCUT2D eigenvalue weighted by molar-refractivity contribution is -0.141. The molecule has 9 atom stereocenters. The molecule has 3 heterocycles. The van der Waals surface area contributed by atoms with Crippen LogP contribution in [0.1, 0.15) is 245 Å². The molecule has 10 rings (SSSR count). The van der Waals surface area contributed by atoms with Crippen LogP contribution in [-0.2, 0) is 72.8 Å². The summed E-state index contributed by atoms with van der Waals surface area (Å²) in [6.07, 6.45) is 20.2. The Hall–Kier alpha value is -10.6. The number of aliphatic hydroxyl groups excluding tert-OH is 1. The largest absolute Gasteiger partial charge is 0.508 e. The number of para-hydroxylation sites is 1. The van der Waals surface area contributed by atoms with Crippen molar-refractivity contribution in [3.05, 3.63) is 196 Å². The first kappa shape index (κ1) is 94.8. The molecule has 3 aliphatic rings. The number of hydrogen-bond donors (Lipinski definition) is 11. The van der Waals surface area contributed by atoms with E-state index in [2.05, 4.69) is 43.8 Å². The second kappa shape index (κ2) is 44.6. The molecule has 120 heavy (non-hydrogen) atoms. The maximum atomic E-state index is 14.0. The van der Waals surface area contributed by atoms with Gasteiger partial charge in [-0.3, -0.25) is 54.3 Å². The molecular weight excluding hydrogens is 1520 g/mol. The van der Waals surface area contributed by atoms with Crippen LogP contribution in [0.25, 0.3) is 10.9 Å². The van der Waals surface area contributed by atoms with Gasteiger partial charge in [-0.2, -0.15) is 0 Å². The highest BCUT2D eigenvalue weighted by Crippen LogP contribution is 2.57. The van der Waals surface area contributed by atoms with Crippen LogP contribution in [0.2, 0.25) is 0 Å². The van der Waals surface area contributed by atoms with E-state index in [1.165, 1.54) is 70.4 Å².